The Morgan fingerprint density at radius 2 is 1.58 bits per heavy atom. The fourth-order valence-electron chi connectivity index (χ4n) is 3.33. The van der Waals surface area contributed by atoms with Gasteiger partial charge in [-0.2, -0.15) is 0 Å². The molecule has 0 saturated carbocycles. The van der Waals surface area contributed by atoms with Crippen LogP contribution in [-0.2, 0) is 5.75 Å². The molecule has 6 nitrogen and oxygen atoms in total. The molecule has 0 aliphatic rings. The van der Waals surface area contributed by atoms with Gasteiger partial charge in [0, 0.05) is 30.1 Å². The highest BCUT2D eigenvalue weighted by Gasteiger charge is 2.21. The number of ether oxygens (including phenoxy) is 2. The van der Waals surface area contributed by atoms with Gasteiger partial charge in [-0.1, -0.05) is 36.0 Å². The first-order chi connectivity index (χ1) is 16.0. The minimum absolute atomic E-state index is 0.0000861. The summed E-state index contributed by atoms with van der Waals surface area (Å²) in [4.78, 5) is 1.86. The van der Waals surface area contributed by atoms with Crippen molar-refractivity contribution < 1.29 is 18.3 Å². The molecule has 0 bridgehead atoms. The molecule has 1 aromatic heterocycles. The molecular weight excluding hydrogens is 446 g/mol. The molecule has 1 heterocycles. The van der Waals surface area contributed by atoms with E-state index in [2.05, 4.69) is 10.2 Å². The zero-order valence-electron chi connectivity index (χ0n) is 18.3. The molecule has 0 radical (unpaired) electrons. The maximum Gasteiger partial charge on any atom is 0.236 e. The van der Waals surface area contributed by atoms with Crippen LogP contribution in [0.4, 0.5) is 20.4 Å². The first-order valence-electron chi connectivity index (χ1n) is 10.1. The summed E-state index contributed by atoms with van der Waals surface area (Å²) in [5.41, 5.74) is 1.62. The Morgan fingerprint density at radius 1 is 0.879 bits per heavy atom. The van der Waals surface area contributed by atoms with Crippen molar-refractivity contribution in [2.24, 2.45) is 0 Å². The summed E-state index contributed by atoms with van der Waals surface area (Å²) in [5.74, 6) is 0.625. The van der Waals surface area contributed by atoms with Crippen LogP contribution in [0.5, 0.6) is 11.5 Å². The SMILES string of the molecule is COc1ccc(N(C)c2nnc(SCc3c(F)cccc3F)n2-c2ccccc2)cc1OC. The summed E-state index contributed by atoms with van der Waals surface area (Å²) in [5, 5.41) is 9.21. The van der Waals surface area contributed by atoms with E-state index in [1.807, 2.05) is 65.0 Å². The van der Waals surface area contributed by atoms with Gasteiger partial charge in [0.1, 0.15) is 11.6 Å². The van der Waals surface area contributed by atoms with Crippen molar-refractivity contribution >= 4 is 23.4 Å². The standard InChI is InChI=1S/C24H22F2N4O2S/c1-29(17-12-13-21(31-2)22(14-17)32-3)23-27-28-24(30(23)16-8-5-4-6-9-16)33-15-18-19(25)10-7-11-20(18)26/h4-14H,15H2,1-3H3. The van der Waals surface area contributed by atoms with E-state index in [0.717, 1.165) is 11.4 Å². The van der Waals surface area contributed by atoms with Gasteiger partial charge < -0.3 is 14.4 Å². The first-order valence-corrected chi connectivity index (χ1v) is 11.0. The third-order valence-corrected chi connectivity index (χ3v) is 6.05. The molecule has 170 valence electrons. The van der Waals surface area contributed by atoms with E-state index in [9.17, 15) is 8.78 Å². The predicted octanol–water partition coefficient (Wildman–Crippen LogP) is 5.62. The van der Waals surface area contributed by atoms with Crippen molar-refractivity contribution in [1.29, 1.82) is 0 Å². The fourth-order valence-corrected chi connectivity index (χ4v) is 4.30. The lowest BCUT2D eigenvalue weighted by molar-refractivity contribution is 0.355. The number of halogens is 2. The van der Waals surface area contributed by atoms with E-state index < -0.39 is 11.6 Å². The highest BCUT2D eigenvalue weighted by atomic mass is 32.2. The molecular formula is C24H22F2N4O2S. The zero-order chi connectivity index (χ0) is 23.4. The molecule has 0 N–H and O–H groups in total. The molecule has 0 atom stereocenters. The highest BCUT2D eigenvalue weighted by Crippen LogP contribution is 2.36. The molecule has 0 saturated heterocycles. The van der Waals surface area contributed by atoms with Crippen molar-refractivity contribution in [1.82, 2.24) is 14.8 Å². The predicted molar refractivity (Wildman–Crippen MR) is 125 cm³/mol. The van der Waals surface area contributed by atoms with Crippen molar-refractivity contribution in [3.05, 3.63) is 83.9 Å². The van der Waals surface area contributed by atoms with Crippen LogP contribution in [0.15, 0.2) is 71.9 Å². The van der Waals surface area contributed by atoms with Crippen LogP contribution < -0.4 is 14.4 Å². The molecule has 4 rings (SSSR count). The van der Waals surface area contributed by atoms with E-state index in [1.54, 1.807) is 14.2 Å². The topological polar surface area (TPSA) is 52.4 Å². The average Bonchev–Trinajstić information content (AvgIpc) is 3.27. The van der Waals surface area contributed by atoms with Gasteiger partial charge in [-0.05, 0) is 36.4 Å². The van der Waals surface area contributed by atoms with Gasteiger partial charge in [-0.15, -0.1) is 10.2 Å². The summed E-state index contributed by atoms with van der Waals surface area (Å²) in [6.07, 6.45) is 0. The summed E-state index contributed by atoms with van der Waals surface area (Å²) < 4.78 is 40.9. The number of methoxy groups -OCH3 is 2. The van der Waals surface area contributed by atoms with E-state index in [-0.39, 0.29) is 11.3 Å². The van der Waals surface area contributed by atoms with Gasteiger partial charge in [0.25, 0.3) is 0 Å². The van der Waals surface area contributed by atoms with Crippen molar-refractivity contribution in [3.63, 3.8) is 0 Å². The largest absolute Gasteiger partial charge is 0.493 e. The number of benzene rings is 3. The smallest absolute Gasteiger partial charge is 0.236 e. The van der Waals surface area contributed by atoms with Crippen LogP contribution in [0.2, 0.25) is 0 Å². The number of thioether (sulfide) groups is 1. The van der Waals surface area contributed by atoms with Crippen LogP contribution in [-0.4, -0.2) is 36.0 Å². The van der Waals surface area contributed by atoms with Crippen molar-refractivity contribution in [3.8, 4) is 17.2 Å². The van der Waals surface area contributed by atoms with E-state index in [4.69, 9.17) is 9.47 Å². The molecule has 0 fully saturated rings. The minimum atomic E-state index is -0.587. The highest BCUT2D eigenvalue weighted by molar-refractivity contribution is 7.98. The number of aromatic nitrogens is 3. The summed E-state index contributed by atoms with van der Waals surface area (Å²) in [6, 6.07) is 18.9. The van der Waals surface area contributed by atoms with E-state index in [1.165, 1.54) is 30.0 Å². The molecule has 0 aliphatic heterocycles. The van der Waals surface area contributed by atoms with Crippen LogP contribution in [0.3, 0.4) is 0 Å². The molecule has 9 heteroatoms. The first kappa shape index (κ1) is 22.6. The quantitative estimate of drug-likeness (QED) is 0.313. The number of anilines is 2. The Kier molecular flexibility index (Phi) is 6.79. The lowest BCUT2D eigenvalue weighted by atomic mass is 10.2. The zero-order valence-corrected chi connectivity index (χ0v) is 19.1. The summed E-state index contributed by atoms with van der Waals surface area (Å²) in [7, 11) is 5.01. The number of hydrogen-bond acceptors (Lipinski definition) is 6. The molecule has 33 heavy (non-hydrogen) atoms. The number of para-hydroxylation sites is 1. The fraction of sp³-hybridized carbons (Fsp3) is 0.167. The number of nitrogens with zero attached hydrogens (tertiary/aromatic N) is 4. The molecule has 4 aromatic rings. The van der Waals surface area contributed by atoms with E-state index >= 15 is 0 Å². The van der Waals surface area contributed by atoms with Gasteiger partial charge in [-0.25, -0.2) is 8.78 Å². The Hall–Kier alpha value is -3.59. The lowest BCUT2D eigenvalue weighted by Gasteiger charge is -2.21. The maximum atomic E-state index is 14.1. The van der Waals surface area contributed by atoms with Crippen LogP contribution in [0, 0.1) is 11.6 Å². The summed E-state index contributed by atoms with van der Waals surface area (Å²) in [6.45, 7) is 0. The monoisotopic (exact) mass is 468 g/mol. The van der Waals surface area contributed by atoms with Gasteiger partial charge in [0.05, 0.1) is 19.9 Å². The second-order valence-corrected chi connectivity index (χ2v) is 7.98. The number of hydrogen-bond donors (Lipinski definition) is 0. The molecule has 3 aromatic carbocycles. The molecule has 0 unspecified atom stereocenters. The Bertz CT molecular complexity index is 1230. The maximum absolute atomic E-state index is 14.1. The van der Waals surface area contributed by atoms with Crippen molar-refractivity contribution in [2.45, 2.75) is 10.9 Å². The van der Waals surface area contributed by atoms with Crippen LogP contribution in [0.1, 0.15) is 5.56 Å². The Morgan fingerprint density at radius 3 is 2.24 bits per heavy atom. The Balaban J connectivity index is 1.73. The Labute approximate surface area is 194 Å². The molecule has 0 amide bonds. The van der Waals surface area contributed by atoms with Gasteiger partial charge in [0.15, 0.2) is 16.7 Å². The number of rotatable bonds is 8. The average molecular weight is 469 g/mol. The molecule has 0 spiro atoms. The van der Waals surface area contributed by atoms with Gasteiger partial charge in [0.2, 0.25) is 5.95 Å². The normalized spacial score (nSPS) is 10.8. The molecule has 0 aliphatic carbocycles. The second-order valence-electron chi connectivity index (χ2n) is 7.04. The van der Waals surface area contributed by atoms with Crippen LogP contribution in [0.25, 0.3) is 5.69 Å². The van der Waals surface area contributed by atoms with Crippen molar-refractivity contribution in [2.75, 3.05) is 26.2 Å². The minimum Gasteiger partial charge on any atom is -0.493 e. The second kappa shape index (κ2) is 9.91. The van der Waals surface area contributed by atoms with Crippen LogP contribution >= 0.6 is 11.8 Å². The van der Waals surface area contributed by atoms with E-state index in [0.29, 0.717) is 22.6 Å². The summed E-state index contributed by atoms with van der Waals surface area (Å²) >= 11 is 1.21. The lowest BCUT2D eigenvalue weighted by Crippen LogP contribution is -2.15. The van der Waals surface area contributed by atoms with Gasteiger partial charge in [-0.3, -0.25) is 4.57 Å². The third kappa shape index (κ3) is 4.63. The third-order valence-electron chi connectivity index (χ3n) is 5.09. The van der Waals surface area contributed by atoms with Gasteiger partial charge >= 0.3 is 0 Å².